The first-order valence-corrected chi connectivity index (χ1v) is 7.81. The number of carbonyl (C=O) groups is 4. The first kappa shape index (κ1) is 24.8. The summed E-state index contributed by atoms with van der Waals surface area (Å²) in [5, 5.41) is 3.28. The quantitative estimate of drug-likeness (QED) is 0.461. The zero-order valence-electron chi connectivity index (χ0n) is 15.7. The van der Waals surface area contributed by atoms with Gasteiger partial charge in [0.15, 0.2) is 0 Å². The van der Waals surface area contributed by atoms with Gasteiger partial charge < -0.3 is 22.3 Å². The Morgan fingerprint density at radius 1 is 0.667 bits per heavy atom. The van der Waals surface area contributed by atoms with E-state index in [0.29, 0.717) is 22.3 Å². The second-order valence-electron chi connectivity index (χ2n) is 4.98. The predicted octanol–water partition coefficient (Wildman–Crippen LogP) is 3.74. The Balaban J connectivity index is 0.000000431. The molecular formula is C20H20N2O4Y-2. The Morgan fingerprint density at radius 3 is 1.30 bits per heavy atom. The minimum atomic E-state index is -0.425. The first-order chi connectivity index (χ1) is 12.0. The molecule has 2 aromatic carbocycles. The summed E-state index contributed by atoms with van der Waals surface area (Å²) < 4.78 is 0. The molecule has 0 N–H and O–H groups in total. The predicted molar refractivity (Wildman–Crippen MR) is 99.1 cm³/mol. The number of imide groups is 2. The van der Waals surface area contributed by atoms with E-state index in [9.17, 15) is 19.2 Å². The summed E-state index contributed by atoms with van der Waals surface area (Å²) in [7, 11) is 1.49. The average molecular weight is 441 g/mol. The van der Waals surface area contributed by atoms with Crippen LogP contribution in [0.3, 0.4) is 0 Å². The fraction of sp³-hybridized carbons (Fsp3) is 0.150. The van der Waals surface area contributed by atoms with Crippen LogP contribution in [0.25, 0.3) is 5.32 Å². The summed E-state index contributed by atoms with van der Waals surface area (Å²) in [6.07, 6.45) is 0. The van der Waals surface area contributed by atoms with Gasteiger partial charge in [-0.3, -0.25) is 14.5 Å². The van der Waals surface area contributed by atoms with E-state index in [2.05, 4.69) is 5.32 Å². The van der Waals surface area contributed by atoms with Gasteiger partial charge in [0.1, 0.15) is 0 Å². The number of rotatable bonds is 0. The molecule has 0 atom stereocenters. The number of carbonyl (C=O) groups excluding carboxylic acids is 4. The Hall–Kier alpha value is -2.18. The van der Waals surface area contributed by atoms with Gasteiger partial charge in [-0.15, -0.1) is 0 Å². The standard InChI is InChI=1S/C9H7NO2.C8H5NO2.C2H6.CH3.Y/c1-10-8(11)6-4-2-3-5-7(6)9(10)12;10-7-5-3-1-2-4-6(5)8(11)9-7;1-2;;/h2-5H,1H3;1-4H,(H,9,10,11);1-2H3;1H3;/q;;;-1;/p-1. The monoisotopic (exact) mass is 441 g/mol. The minimum Gasteiger partial charge on any atom is -0.587 e. The molecule has 2 heterocycles. The van der Waals surface area contributed by atoms with Gasteiger partial charge in [0.05, 0.1) is 22.9 Å². The van der Waals surface area contributed by atoms with Gasteiger partial charge in [0.2, 0.25) is 0 Å². The van der Waals surface area contributed by atoms with Gasteiger partial charge >= 0.3 is 0 Å². The van der Waals surface area contributed by atoms with Gasteiger partial charge in [-0.05, 0) is 12.1 Å². The van der Waals surface area contributed by atoms with Gasteiger partial charge in [-0.1, -0.05) is 50.2 Å². The van der Waals surface area contributed by atoms with Crippen molar-refractivity contribution in [3.05, 3.63) is 83.5 Å². The van der Waals surface area contributed by atoms with E-state index in [0.717, 1.165) is 4.90 Å². The maximum atomic E-state index is 11.3. The number of fused-ring (bicyclic) bond motifs is 2. The first-order valence-electron chi connectivity index (χ1n) is 7.81. The van der Waals surface area contributed by atoms with Crippen molar-refractivity contribution < 1.29 is 51.9 Å². The Morgan fingerprint density at radius 2 is 0.963 bits per heavy atom. The van der Waals surface area contributed by atoms with Gasteiger partial charge in [0.25, 0.3) is 11.8 Å². The summed E-state index contributed by atoms with van der Waals surface area (Å²) in [5.41, 5.74) is 1.84. The molecule has 0 fully saturated rings. The molecule has 2 aliphatic rings. The van der Waals surface area contributed by atoms with Crippen LogP contribution in [0.15, 0.2) is 48.5 Å². The fourth-order valence-electron chi connectivity index (χ4n) is 2.38. The van der Waals surface area contributed by atoms with E-state index >= 15 is 0 Å². The van der Waals surface area contributed by atoms with Crippen LogP contribution in [0.4, 0.5) is 0 Å². The molecule has 1 radical (unpaired) electrons. The summed E-state index contributed by atoms with van der Waals surface area (Å²) in [4.78, 5) is 45.5. The Kier molecular flexibility index (Phi) is 9.97. The SMILES string of the molecule is CC.CN1C(=O)c2ccccc2C1=O.O=C1[N-]C(=O)c2ccccc21.[CH3-].[Y]. The summed E-state index contributed by atoms with van der Waals surface area (Å²) in [6, 6.07) is 13.5. The van der Waals surface area contributed by atoms with Crippen LogP contribution in [0.5, 0.6) is 0 Å². The molecule has 0 spiro atoms. The molecule has 7 heteroatoms. The molecule has 0 saturated carbocycles. The van der Waals surface area contributed by atoms with Gasteiger partial charge in [-0.25, -0.2) is 0 Å². The largest absolute Gasteiger partial charge is 0.587 e. The van der Waals surface area contributed by atoms with Gasteiger partial charge in [-0.2, -0.15) is 0 Å². The van der Waals surface area contributed by atoms with Crippen molar-refractivity contribution in [1.82, 2.24) is 4.90 Å². The zero-order chi connectivity index (χ0) is 18.6. The zero-order valence-corrected chi connectivity index (χ0v) is 18.6. The van der Waals surface area contributed by atoms with Crippen molar-refractivity contribution in [2.75, 3.05) is 7.05 Å². The van der Waals surface area contributed by atoms with Crippen LogP contribution in [-0.2, 0) is 32.7 Å². The number of amides is 4. The van der Waals surface area contributed by atoms with Crippen molar-refractivity contribution in [2.24, 2.45) is 0 Å². The minimum absolute atomic E-state index is 0. The third-order valence-corrected chi connectivity index (χ3v) is 3.59. The maximum absolute atomic E-state index is 11.3. The Bertz CT molecular complexity index is 797. The van der Waals surface area contributed by atoms with E-state index in [-0.39, 0.29) is 52.0 Å². The molecule has 139 valence electrons. The smallest absolute Gasteiger partial charge is 0.261 e. The van der Waals surface area contributed by atoms with E-state index < -0.39 is 11.8 Å². The fourth-order valence-corrected chi connectivity index (χ4v) is 2.38. The van der Waals surface area contributed by atoms with E-state index in [1.165, 1.54) is 7.05 Å². The van der Waals surface area contributed by atoms with Crippen LogP contribution in [-0.4, -0.2) is 35.6 Å². The number of hydrogen-bond donors (Lipinski definition) is 0. The van der Waals surface area contributed by atoms with Crippen LogP contribution < -0.4 is 0 Å². The molecule has 0 bridgehead atoms. The van der Waals surface area contributed by atoms with Gasteiger partial charge in [0, 0.05) is 50.9 Å². The second kappa shape index (κ2) is 10.8. The van der Waals surface area contributed by atoms with Crippen molar-refractivity contribution >= 4 is 23.6 Å². The molecule has 0 unspecified atom stereocenters. The third-order valence-electron chi connectivity index (χ3n) is 3.59. The van der Waals surface area contributed by atoms with Crippen LogP contribution in [0.1, 0.15) is 55.3 Å². The molecule has 0 saturated heterocycles. The number of nitrogens with zero attached hydrogens (tertiary/aromatic N) is 2. The van der Waals surface area contributed by atoms with Crippen LogP contribution >= 0.6 is 0 Å². The van der Waals surface area contributed by atoms with Crippen molar-refractivity contribution in [1.29, 1.82) is 0 Å². The van der Waals surface area contributed by atoms with E-state index in [1.54, 1.807) is 48.5 Å². The average Bonchev–Trinajstić information content (AvgIpc) is 3.07. The Labute approximate surface area is 184 Å². The van der Waals surface area contributed by atoms with Crippen molar-refractivity contribution in [3.8, 4) is 0 Å². The van der Waals surface area contributed by atoms with Crippen molar-refractivity contribution in [3.63, 3.8) is 0 Å². The number of hydrogen-bond acceptors (Lipinski definition) is 4. The molecule has 0 aromatic heterocycles. The molecule has 2 aliphatic heterocycles. The molecule has 2 aromatic rings. The summed E-state index contributed by atoms with van der Waals surface area (Å²) in [5.74, 6) is -1.28. The molecule has 27 heavy (non-hydrogen) atoms. The second-order valence-corrected chi connectivity index (χ2v) is 4.98. The number of benzene rings is 2. The van der Waals surface area contributed by atoms with E-state index in [4.69, 9.17) is 0 Å². The molecule has 0 aliphatic carbocycles. The molecule has 6 nitrogen and oxygen atoms in total. The normalized spacial score (nSPS) is 12.9. The van der Waals surface area contributed by atoms with Crippen molar-refractivity contribution in [2.45, 2.75) is 13.8 Å². The van der Waals surface area contributed by atoms with Crippen LogP contribution in [0, 0.1) is 7.43 Å². The maximum Gasteiger partial charge on any atom is 0.261 e. The summed E-state index contributed by atoms with van der Waals surface area (Å²) in [6.45, 7) is 4.00. The molecular weight excluding hydrogens is 421 g/mol. The third kappa shape index (κ3) is 4.96. The summed E-state index contributed by atoms with van der Waals surface area (Å²) >= 11 is 0. The van der Waals surface area contributed by atoms with E-state index in [1.807, 2.05) is 13.8 Å². The molecule has 4 amide bonds. The van der Waals surface area contributed by atoms with Crippen LogP contribution in [0.2, 0.25) is 0 Å². The topological polar surface area (TPSA) is 85.6 Å². The molecule has 4 rings (SSSR count).